The fourth-order valence-electron chi connectivity index (χ4n) is 4.63. The number of rotatable bonds is 4. The van der Waals surface area contributed by atoms with Crippen molar-refractivity contribution in [2.75, 3.05) is 18.0 Å². The van der Waals surface area contributed by atoms with Crippen molar-refractivity contribution in [1.29, 1.82) is 0 Å². The van der Waals surface area contributed by atoms with E-state index >= 15 is 0 Å². The average Bonchev–Trinajstić information content (AvgIpc) is 3.58. The number of nitrogens with zero attached hydrogens (tertiary/aromatic N) is 7. The molecular weight excluding hydrogens is 477 g/mol. The number of alkyl halides is 3. The van der Waals surface area contributed by atoms with Crippen LogP contribution in [-0.4, -0.2) is 66.9 Å². The number of anilines is 1. The van der Waals surface area contributed by atoms with Crippen LogP contribution in [0.3, 0.4) is 0 Å². The maximum Gasteiger partial charge on any atom is 0.491 e. The number of carbonyl (C=O) groups excluding carboxylic acids is 1. The van der Waals surface area contributed by atoms with E-state index in [-0.39, 0.29) is 17.1 Å². The quantitative estimate of drug-likeness (QED) is 0.426. The molecule has 36 heavy (non-hydrogen) atoms. The lowest BCUT2D eigenvalue weighted by atomic mass is 10.1. The van der Waals surface area contributed by atoms with Gasteiger partial charge in [-0.3, -0.25) is 4.40 Å². The van der Waals surface area contributed by atoms with E-state index < -0.39 is 12.1 Å². The van der Waals surface area contributed by atoms with Crippen molar-refractivity contribution in [2.45, 2.75) is 31.6 Å². The van der Waals surface area contributed by atoms with Crippen LogP contribution in [0.5, 0.6) is 5.75 Å². The molecule has 2 aliphatic rings. The highest BCUT2D eigenvalue weighted by Gasteiger charge is 2.42. The van der Waals surface area contributed by atoms with Crippen LogP contribution in [0.2, 0.25) is 0 Å². The van der Waals surface area contributed by atoms with Crippen molar-refractivity contribution in [3.05, 3.63) is 48.7 Å². The number of pyridine rings is 1. The molecule has 184 valence electrons. The minimum atomic E-state index is -5.18. The van der Waals surface area contributed by atoms with E-state index in [9.17, 15) is 18.0 Å². The zero-order valence-corrected chi connectivity index (χ0v) is 18.9. The minimum Gasteiger partial charge on any atom is -0.417 e. The number of hydrogen-bond donors (Lipinski definition) is 1. The van der Waals surface area contributed by atoms with Gasteiger partial charge in [-0.15, -0.1) is 10.2 Å². The molecule has 0 radical (unpaired) electrons. The first-order chi connectivity index (χ1) is 17.2. The second-order valence-electron chi connectivity index (χ2n) is 8.81. The Bertz CT molecular complexity index is 1470. The van der Waals surface area contributed by atoms with Gasteiger partial charge < -0.3 is 15.0 Å². The Kier molecular flexibility index (Phi) is 5.10. The summed E-state index contributed by atoms with van der Waals surface area (Å²) in [5.41, 5.74) is 1.84. The Morgan fingerprint density at radius 3 is 2.67 bits per heavy atom. The number of carbonyl (C=O) groups is 1. The molecule has 2 saturated heterocycles. The highest BCUT2D eigenvalue weighted by Crippen LogP contribution is 2.34. The summed E-state index contributed by atoms with van der Waals surface area (Å²) in [6, 6.07) is 5.41. The van der Waals surface area contributed by atoms with Crippen molar-refractivity contribution in [3.8, 4) is 28.3 Å². The number of esters is 1. The van der Waals surface area contributed by atoms with Gasteiger partial charge in [-0.05, 0) is 31.5 Å². The molecule has 2 unspecified atom stereocenters. The number of halogens is 3. The van der Waals surface area contributed by atoms with Gasteiger partial charge in [0.05, 0.1) is 5.69 Å². The van der Waals surface area contributed by atoms with E-state index in [1.807, 2.05) is 6.92 Å². The number of hydrogen-bond acceptors (Lipinski definition) is 9. The van der Waals surface area contributed by atoms with Crippen molar-refractivity contribution in [3.63, 3.8) is 0 Å². The Morgan fingerprint density at radius 1 is 1.14 bits per heavy atom. The van der Waals surface area contributed by atoms with Crippen LogP contribution < -0.4 is 15.0 Å². The Morgan fingerprint density at radius 2 is 1.97 bits per heavy atom. The van der Waals surface area contributed by atoms with Crippen molar-refractivity contribution in [1.82, 2.24) is 34.9 Å². The summed E-state index contributed by atoms with van der Waals surface area (Å²) in [6.07, 6.45) is 2.29. The van der Waals surface area contributed by atoms with Gasteiger partial charge in [0.25, 0.3) is 0 Å². The highest BCUT2D eigenvalue weighted by molar-refractivity contribution is 5.81. The predicted molar refractivity (Wildman–Crippen MR) is 121 cm³/mol. The molecule has 6 heterocycles. The van der Waals surface area contributed by atoms with Crippen LogP contribution >= 0.6 is 0 Å². The second-order valence-corrected chi connectivity index (χ2v) is 8.81. The maximum absolute atomic E-state index is 13.0. The van der Waals surface area contributed by atoms with Gasteiger partial charge in [0.2, 0.25) is 5.78 Å². The fraction of sp³-hybridized carbons (Fsp3) is 0.304. The molecule has 4 aromatic rings. The van der Waals surface area contributed by atoms with Crippen molar-refractivity contribution < 1.29 is 22.7 Å². The number of aromatic nitrogens is 6. The SMILES string of the molecule is Cc1cn2cc(-c3cnc(-c4ccc(N5CC6CC5CN6)nn4)c(OC(=O)C(F)(F)F)c3)cnc2n1. The highest BCUT2D eigenvalue weighted by atomic mass is 19.4. The molecule has 2 atom stereocenters. The fourth-order valence-corrected chi connectivity index (χ4v) is 4.63. The molecule has 4 aromatic heterocycles. The van der Waals surface area contributed by atoms with E-state index in [1.165, 1.54) is 18.5 Å². The van der Waals surface area contributed by atoms with Gasteiger partial charge in [-0.2, -0.15) is 13.2 Å². The zero-order valence-electron chi connectivity index (χ0n) is 18.9. The smallest absolute Gasteiger partial charge is 0.417 e. The van der Waals surface area contributed by atoms with Crippen LogP contribution in [0.15, 0.2) is 43.0 Å². The molecule has 2 bridgehead atoms. The number of aryl methyl sites for hydroxylation is 1. The maximum atomic E-state index is 13.0. The normalized spacial score (nSPS) is 19.3. The third kappa shape index (κ3) is 4.00. The van der Waals surface area contributed by atoms with Gasteiger partial charge >= 0.3 is 12.1 Å². The van der Waals surface area contributed by atoms with E-state index in [4.69, 9.17) is 4.74 Å². The first-order valence-corrected chi connectivity index (χ1v) is 11.2. The summed E-state index contributed by atoms with van der Waals surface area (Å²) in [5, 5.41) is 11.9. The van der Waals surface area contributed by atoms with Gasteiger partial charge in [0.15, 0.2) is 11.6 Å². The molecular formula is C23H19F3N8O2. The van der Waals surface area contributed by atoms with E-state index in [2.05, 4.69) is 35.4 Å². The van der Waals surface area contributed by atoms with Gasteiger partial charge in [-0.1, -0.05) is 0 Å². The van der Waals surface area contributed by atoms with E-state index in [1.54, 1.807) is 28.9 Å². The third-order valence-corrected chi connectivity index (χ3v) is 6.29. The lowest BCUT2D eigenvalue weighted by Crippen LogP contribution is -2.44. The lowest BCUT2D eigenvalue weighted by Gasteiger charge is -2.27. The number of nitrogens with one attached hydrogen (secondary N) is 1. The van der Waals surface area contributed by atoms with Crippen LogP contribution in [0, 0.1) is 6.92 Å². The van der Waals surface area contributed by atoms with Gasteiger partial charge in [-0.25, -0.2) is 19.7 Å². The summed E-state index contributed by atoms with van der Waals surface area (Å²) in [6.45, 7) is 3.50. The third-order valence-electron chi connectivity index (χ3n) is 6.29. The Labute approximate surface area is 202 Å². The molecule has 0 aromatic carbocycles. The molecule has 10 nitrogen and oxygen atoms in total. The Hall–Kier alpha value is -4.13. The predicted octanol–water partition coefficient (Wildman–Crippen LogP) is 2.57. The monoisotopic (exact) mass is 496 g/mol. The summed E-state index contributed by atoms with van der Waals surface area (Å²) in [7, 11) is 0. The molecule has 0 aliphatic carbocycles. The molecule has 6 rings (SSSR count). The molecule has 2 aliphatic heterocycles. The molecule has 1 N–H and O–H groups in total. The molecule has 13 heteroatoms. The summed E-state index contributed by atoms with van der Waals surface area (Å²) < 4.78 is 45.5. The standard InChI is InChI=1S/C23H19F3N8O2/c1-12-9-33-10-14(7-29-22(33)30-12)13-4-18(36-21(35)23(24,25)26)20(28-6-13)17-2-3-19(32-31-17)34-11-15-5-16(34)8-27-15/h2-4,6-7,9-10,15-16,27H,5,8,11H2,1H3. The summed E-state index contributed by atoms with van der Waals surface area (Å²) in [4.78, 5) is 26.6. The number of fused-ring (bicyclic) bond motifs is 3. The van der Waals surface area contributed by atoms with Gasteiger partial charge in [0, 0.05) is 61.1 Å². The van der Waals surface area contributed by atoms with Crippen molar-refractivity contribution >= 4 is 17.6 Å². The molecule has 0 amide bonds. The number of ether oxygens (including phenoxy) is 1. The molecule has 2 fully saturated rings. The van der Waals surface area contributed by atoms with Crippen LogP contribution in [-0.2, 0) is 4.79 Å². The summed E-state index contributed by atoms with van der Waals surface area (Å²) in [5.74, 6) is -1.59. The van der Waals surface area contributed by atoms with Crippen LogP contribution in [0.1, 0.15) is 12.1 Å². The van der Waals surface area contributed by atoms with Crippen LogP contribution in [0.25, 0.3) is 28.3 Å². The topological polar surface area (TPSA) is 110 Å². The average molecular weight is 496 g/mol. The largest absolute Gasteiger partial charge is 0.491 e. The number of piperazine rings is 1. The zero-order chi connectivity index (χ0) is 25.0. The first-order valence-electron chi connectivity index (χ1n) is 11.2. The second kappa shape index (κ2) is 8.22. The van der Waals surface area contributed by atoms with Gasteiger partial charge in [0.1, 0.15) is 11.4 Å². The molecule has 0 saturated carbocycles. The first kappa shape index (κ1) is 22.3. The minimum absolute atomic E-state index is 0.0347. The van der Waals surface area contributed by atoms with Crippen LogP contribution in [0.4, 0.5) is 19.0 Å². The van der Waals surface area contributed by atoms with E-state index in [0.717, 1.165) is 25.2 Å². The summed E-state index contributed by atoms with van der Waals surface area (Å²) >= 11 is 0. The molecule has 0 spiro atoms. The number of imidazole rings is 1. The van der Waals surface area contributed by atoms with E-state index in [0.29, 0.717) is 34.8 Å². The lowest BCUT2D eigenvalue weighted by molar-refractivity contribution is -0.189. The van der Waals surface area contributed by atoms with Crippen molar-refractivity contribution in [2.24, 2.45) is 0 Å². The Balaban J connectivity index is 1.36.